The van der Waals surface area contributed by atoms with Crippen LogP contribution in [-0.4, -0.2) is 25.2 Å². The van der Waals surface area contributed by atoms with Gasteiger partial charge in [0.25, 0.3) is 0 Å². The van der Waals surface area contributed by atoms with Gasteiger partial charge < -0.3 is 9.47 Å². The Morgan fingerprint density at radius 3 is 1.44 bits per heavy atom. The van der Waals surface area contributed by atoms with Crippen LogP contribution in [0.15, 0.2) is 73.4 Å². The number of unbranched alkanes of at least 4 members (excludes halogenated alkanes) is 24. The molecule has 0 aromatic carbocycles. The maximum atomic E-state index is 13.9. The first-order chi connectivity index (χ1) is 28.1. The van der Waals surface area contributed by atoms with E-state index in [2.05, 4.69) is 76.0 Å². The number of rotatable bonds is 38. The molecule has 0 heterocycles. The molecule has 6 atom stereocenters. The third-order valence-electron chi connectivity index (χ3n) is 12.3. The van der Waals surface area contributed by atoms with Gasteiger partial charge in [-0.05, 0) is 48.9 Å². The normalized spacial score (nSPS) is 21.8. The molecular formula is C53H88O4. The SMILES string of the molecule is C=C/C=C\[C@@H]1[C@@H](/C=C\CC(=O)OCCCCCCCCCCCCC)[C@@H](C(=O)OCCCCCCCCCCCCCCCC)[C@@H]2[C@H](/C=C/C=C/C=C/CCC)[C@H]12. The minimum Gasteiger partial charge on any atom is -0.465 e. The van der Waals surface area contributed by atoms with Crippen LogP contribution in [0.25, 0.3) is 0 Å². The maximum absolute atomic E-state index is 13.9. The lowest BCUT2D eigenvalue weighted by atomic mass is 9.81. The Kier molecular flexibility index (Phi) is 31.3. The lowest BCUT2D eigenvalue weighted by molar-refractivity contribution is -0.150. The monoisotopic (exact) mass is 789 g/mol. The van der Waals surface area contributed by atoms with Crippen LogP contribution in [0.2, 0.25) is 0 Å². The van der Waals surface area contributed by atoms with Crippen molar-refractivity contribution in [3.8, 4) is 0 Å². The number of ether oxygens (including phenoxy) is 2. The number of hydrogen-bond donors (Lipinski definition) is 0. The van der Waals surface area contributed by atoms with Crippen molar-refractivity contribution in [3.05, 3.63) is 73.4 Å². The Morgan fingerprint density at radius 2 is 0.930 bits per heavy atom. The first kappa shape index (κ1) is 50.5. The lowest BCUT2D eigenvalue weighted by Gasteiger charge is -2.25. The van der Waals surface area contributed by atoms with Crippen LogP contribution in [0.4, 0.5) is 0 Å². The fourth-order valence-corrected chi connectivity index (χ4v) is 8.97. The van der Waals surface area contributed by atoms with Crippen LogP contribution in [0, 0.1) is 35.5 Å². The zero-order chi connectivity index (χ0) is 41.0. The summed E-state index contributed by atoms with van der Waals surface area (Å²) in [5.74, 6) is 0.684. The molecule has 0 aliphatic heterocycles. The van der Waals surface area contributed by atoms with E-state index < -0.39 is 0 Å². The number of hydrogen-bond acceptors (Lipinski definition) is 4. The molecular weight excluding hydrogens is 701 g/mol. The van der Waals surface area contributed by atoms with Crippen molar-refractivity contribution in [3.63, 3.8) is 0 Å². The zero-order valence-electron chi connectivity index (χ0n) is 37.4. The topological polar surface area (TPSA) is 52.6 Å². The summed E-state index contributed by atoms with van der Waals surface area (Å²) in [4.78, 5) is 26.5. The number of esters is 2. The molecule has 2 aliphatic rings. The van der Waals surface area contributed by atoms with E-state index in [9.17, 15) is 9.59 Å². The second kappa shape index (κ2) is 35.3. The van der Waals surface area contributed by atoms with Crippen LogP contribution in [0.1, 0.15) is 201 Å². The summed E-state index contributed by atoms with van der Waals surface area (Å²) in [6.07, 6.45) is 57.8. The highest BCUT2D eigenvalue weighted by molar-refractivity contribution is 5.76. The molecule has 324 valence electrons. The highest BCUT2D eigenvalue weighted by Gasteiger charge is 2.66. The summed E-state index contributed by atoms with van der Waals surface area (Å²) < 4.78 is 11.6. The maximum Gasteiger partial charge on any atom is 0.309 e. The van der Waals surface area contributed by atoms with E-state index in [0.717, 1.165) is 38.5 Å². The smallest absolute Gasteiger partial charge is 0.309 e. The molecule has 0 radical (unpaired) electrons. The summed E-state index contributed by atoms with van der Waals surface area (Å²) in [7, 11) is 0. The molecule has 2 rings (SSSR count). The first-order valence-corrected chi connectivity index (χ1v) is 24.4. The average molecular weight is 789 g/mol. The van der Waals surface area contributed by atoms with Gasteiger partial charge in [0.15, 0.2) is 0 Å². The molecule has 0 bridgehead atoms. The minimum atomic E-state index is -0.215. The highest BCUT2D eigenvalue weighted by Crippen LogP contribution is 2.67. The van der Waals surface area contributed by atoms with Crippen molar-refractivity contribution in [1.29, 1.82) is 0 Å². The van der Waals surface area contributed by atoms with Crippen LogP contribution in [0.5, 0.6) is 0 Å². The molecule has 0 amide bonds. The van der Waals surface area contributed by atoms with Gasteiger partial charge in [-0.15, -0.1) is 0 Å². The van der Waals surface area contributed by atoms with E-state index in [1.807, 2.05) is 18.2 Å². The van der Waals surface area contributed by atoms with Gasteiger partial charge in [-0.25, -0.2) is 0 Å². The Bertz CT molecular complexity index is 1160. The second-order valence-electron chi connectivity index (χ2n) is 17.2. The number of fused-ring (bicyclic) bond motifs is 1. The zero-order valence-corrected chi connectivity index (χ0v) is 37.4. The molecule has 2 saturated carbocycles. The van der Waals surface area contributed by atoms with Gasteiger partial charge in [0.05, 0.1) is 25.6 Å². The molecule has 0 N–H and O–H groups in total. The van der Waals surface area contributed by atoms with E-state index in [4.69, 9.17) is 9.47 Å². The predicted octanol–water partition coefficient (Wildman–Crippen LogP) is 15.7. The molecule has 0 saturated heterocycles. The summed E-state index contributed by atoms with van der Waals surface area (Å²) in [5, 5.41) is 0. The van der Waals surface area contributed by atoms with Gasteiger partial charge in [-0.2, -0.15) is 0 Å². The van der Waals surface area contributed by atoms with Crippen molar-refractivity contribution in [2.75, 3.05) is 13.2 Å². The van der Waals surface area contributed by atoms with Gasteiger partial charge in [-0.3, -0.25) is 9.59 Å². The van der Waals surface area contributed by atoms with Gasteiger partial charge >= 0.3 is 11.9 Å². The second-order valence-corrected chi connectivity index (χ2v) is 17.2. The summed E-state index contributed by atoms with van der Waals surface area (Å²) in [6.45, 7) is 11.6. The Hall–Kier alpha value is -2.62. The average Bonchev–Trinajstić information content (AvgIpc) is 3.81. The fourth-order valence-electron chi connectivity index (χ4n) is 8.97. The Balaban J connectivity index is 1.83. The number of allylic oxidation sites excluding steroid dienone is 10. The van der Waals surface area contributed by atoms with Crippen molar-refractivity contribution in [1.82, 2.24) is 0 Å². The van der Waals surface area contributed by atoms with Crippen molar-refractivity contribution < 1.29 is 19.1 Å². The third-order valence-corrected chi connectivity index (χ3v) is 12.3. The van der Waals surface area contributed by atoms with Crippen molar-refractivity contribution in [2.24, 2.45) is 35.5 Å². The van der Waals surface area contributed by atoms with Crippen LogP contribution >= 0.6 is 0 Å². The van der Waals surface area contributed by atoms with Gasteiger partial charge in [-0.1, -0.05) is 248 Å². The highest BCUT2D eigenvalue weighted by atomic mass is 16.5. The van der Waals surface area contributed by atoms with Crippen molar-refractivity contribution in [2.45, 2.75) is 201 Å². The molecule has 0 unspecified atom stereocenters. The van der Waals surface area contributed by atoms with E-state index in [-0.39, 0.29) is 42.0 Å². The van der Waals surface area contributed by atoms with Gasteiger partial charge in [0.1, 0.15) is 0 Å². The van der Waals surface area contributed by atoms with Crippen molar-refractivity contribution >= 4 is 11.9 Å². The standard InChI is InChI=1S/C53H88O4/c1-5-9-13-16-19-21-23-24-25-27-29-32-35-38-45-57-53(55)52-47(42-39-43-49(54)56-44-37-34-31-28-26-22-20-17-14-10-6-2)46(40-12-8-4)50-48(51(50)52)41-36-33-30-18-15-11-7-3/h8,12,15,18,30,33,36,39-42,46-48,50-52H,4-7,9-11,13-14,16-17,19-29,31-32,34-35,37-38,43-45H2,1-3H3/b18-15+,33-30+,40-12-,41-36+,42-39-/t46-,47-,48-,50+,51-,52-/m1/s1. The third kappa shape index (κ3) is 23.5. The molecule has 0 spiro atoms. The fraction of sp³-hybridized carbons (Fsp3) is 0.736. The van der Waals surface area contributed by atoms with Gasteiger partial charge in [0.2, 0.25) is 0 Å². The van der Waals surface area contributed by atoms with Gasteiger partial charge in [0, 0.05) is 0 Å². The molecule has 0 aromatic heterocycles. The van der Waals surface area contributed by atoms with E-state index in [1.54, 1.807) is 0 Å². The number of carbonyl (C=O) groups excluding carboxylic acids is 2. The Morgan fingerprint density at radius 1 is 0.456 bits per heavy atom. The molecule has 2 fully saturated rings. The largest absolute Gasteiger partial charge is 0.465 e. The lowest BCUT2D eigenvalue weighted by Crippen LogP contribution is -2.28. The van der Waals surface area contributed by atoms with Crippen LogP contribution in [0.3, 0.4) is 0 Å². The molecule has 4 nitrogen and oxygen atoms in total. The summed E-state index contributed by atoms with van der Waals surface area (Å²) >= 11 is 0. The quantitative estimate of drug-likeness (QED) is 0.0271. The summed E-state index contributed by atoms with van der Waals surface area (Å²) in [6, 6.07) is 0. The molecule has 0 aromatic rings. The predicted molar refractivity (Wildman–Crippen MR) is 245 cm³/mol. The number of carbonyl (C=O) groups is 2. The van der Waals surface area contributed by atoms with E-state index >= 15 is 0 Å². The Labute approximate surface area is 352 Å². The molecule has 2 aliphatic carbocycles. The van der Waals surface area contributed by atoms with Crippen LogP contribution < -0.4 is 0 Å². The van der Waals surface area contributed by atoms with Crippen LogP contribution in [-0.2, 0) is 19.1 Å². The molecule has 57 heavy (non-hydrogen) atoms. The molecule has 4 heteroatoms. The summed E-state index contributed by atoms with van der Waals surface area (Å²) in [5.41, 5.74) is 0. The van der Waals surface area contributed by atoms with E-state index in [1.165, 1.54) is 135 Å². The van der Waals surface area contributed by atoms with E-state index in [0.29, 0.717) is 25.0 Å². The minimum absolute atomic E-state index is 0.00310. The first-order valence-electron chi connectivity index (χ1n) is 24.4.